The number of nitrogens with one attached hydrogen (secondary N) is 2. The molecule has 1 heterocycles. The molecular formula is C18H17FN4O3S2. The number of carbonyl (C=O) groups is 1. The van der Waals surface area contributed by atoms with Crippen molar-refractivity contribution in [3.8, 4) is 0 Å². The highest BCUT2D eigenvalue weighted by molar-refractivity contribution is 7.99. The Hall–Kier alpha value is -2.69. The van der Waals surface area contributed by atoms with Crippen molar-refractivity contribution in [2.75, 3.05) is 12.4 Å². The van der Waals surface area contributed by atoms with Crippen LogP contribution in [0.25, 0.3) is 0 Å². The Morgan fingerprint density at radius 3 is 2.50 bits per heavy atom. The summed E-state index contributed by atoms with van der Waals surface area (Å²) in [6.07, 6.45) is 3.54. The van der Waals surface area contributed by atoms with Crippen LogP contribution in [0, 0.1) is 5.82 Å². The van der Waals surface area contributed by atoms with Crippen molar-refractivity contribution in [1.29, 1.82) is 0 Å². The minimum atomic E-state index is -3.79. The maximum absolute atomic E-state index is 14.0. The molecule has 2 N–H and O–H groups in total. The molecule has 0 bridgehead atoms. The van der Waals surface area contributed by atoms with Gasteiger partial charge in [0.05, 0.1) is 10.5 Å². The van der Waals surface area contributed by atoms with E-state index in [1.54, 1.807) is 30.5 Å². The Labute approximate surface area is 166 Å². The standard InChI is InChI=1S/C18H17FN4O3S2/c1-20-28(25,26)14-7-8-16(19)15(11-14)17(24)22-12-3-5-13(6-4-12)27-18-21-9-10-23(18)2/h3-11,20H,1-2H3,(H,22,24). The van der Waals surface area contributed by atoms with E-state index in [0.717, 1.165) is 28.3 Å². The number of rotatable bonds is 6. The Balaban J connectivity index is 1.76. The summed E-state index contributed by atoms with van der Waals surface area (Å²) in [5.74, 6) is -1.55. The van der Waals surface area contributed by atoms with E-state index in [1.807, 2.05) is 17.8 Å². The molecule has 146 valence electrons. The minimum Gasteiger partial charge on any atom is -0.329 e. The highest BCUT2D eigenvalue weighted by Crippen LogP contribution is 2.27. The van der Waals surface area contributed by atoms with Crippen LogP contribution in [0.2, 0.25) is 0 Å². The van der Waals surface area contributed by atoms with E-state index in [4.69, 9.17) is 0 Å². The van der Waals surface area contributed by atoms with E-state index < -0.39 is 21.7 Å². The van der Waals surface area contributed by atoms with E-state index in [-0.39, 0.29) is 10.5 Å². The van der Waals surface area contributed by atoms with E-state index >= 15 is 0 Å². The van der Waals surface area contributed by atoms with Crippen molar-refractivity contribution >= 4 is 33.4 Å². The summed E-state index contributed by atoms with van der Waals surface area (Å²) >= 11 is 1.46. The first-order valence-electron chi connectivity index (χ1n) is 8.10. The van der Waals surface area contributed by atoms with Gasteiger partial charge in [-0.05, 0) is 49.5 Å². The molecule has 0 saturated heterocycles. The fourth-order valence-electron chi connectivity index (χ4n) is 2.32. The van der Waals surface area contributed by atoms with Crippen LogP contribution in [0.1, 0.15) is 10.4 Å². The molecule has 0 aliphatic rings. The SMILES string of the molecule is CNS(=O)(=O)c1ccc(F)c(C(=O)Nc2ccc(Sc3nccn3C)cc2)c1. The van der Waals surface area contributed by atoms with E-state index in [1.165, 1.54) is 18.8 Å². The first-order valence-corrected chi connectivity index (χ1v) is 10.4. The van der Waals surface area contributed by atoms with Crippen LogP contribution in [-0.2, 0) is 17.1 Å². The molecule has 0 aliphatic heterocycles. The fourth-order valence-corrected chi connectivity index (χ4v) is 3.88. The van der Waals surface area contributed by atoms with Gasteiger partial charge in [-0.15, -0.1) is 0 Å². The van der Waals surface area contributed by atoms with Gasteiger partial charge in [-0.3, -0.25) is 4.79 Å². The lowest BCUT2D eigenvalue weighted by molar-refractivity contribution is 0.102. The van der Waals surface area contributed by atoms with Gasteiger partial charge < -0.3 is 9.88 Å². The summed E-state index contributed by atoms with van der Waals surface area (Å²) < 4.78 is 41.8. The highest BCUT2D eigenvalue weighted by atomic mass is 32.2. The fraction of sp³-hybridized carbons (Fsp3) is 0.111. The molecule has 0 radical (unpaired) electrons. The molecule has 0 atom stereocenters. The van der Waals surface area contributed by atoms with Gasteiger partial charge in [0.1, 0.15) is 5.82 Å². The number of aryl methyl sites for hydroxylation is 1. The van der Waals surface area contributed by atoms with Crippen molar-refractivity contribution in [2.45, 2.75) is 14.9 Å². The average Bonchev–Trinajstić information content (AvgIpc) is 3.08. The number of nitrogens with zero attached hydrogens (tertiary/aromatic N) is 2. The highest BCUT2D eigenvalue weighted by Gasteiger charge is 2.18. The Morgan fingerprint density at radius 1 is 1.18 bits per heavy atom. The molecule has 7 nitrogen and oxygen atoms in total. The topological polar surface area (TPSA) is 93.1 Å². The Bertz CT molecular complexity index is 1110. The molecule has 3 rings (SSSR count). The van der Waals surface area contributed by atoms with Crippen molar-refractivity contribution in [3.63, 3.8) is 0 Å². The predicted octanol–water partition coefficient (Wildman–Crippen LogP) is 2.87. The smallest absolute Gasteiger partial charge is 0.258 e. The summed E-state index contributed by atoms with van der Waals surface area (Å²) in [5, 5.41) is 3.39. The van der Waals surface area contributed by atoms with Gasteiger partial charge in [0.2, 0.25) is 10.0 Å². The van der Waals surface area contributed by atoms with Crippen LogP contribution >= 0.6 is 11.8 Å². The van der Waals surface area contributed by atoms with Crippen LogP contribution in [0.5, 0.6) is 0 Å². The average molecular weight is 420 g/mol. The molecule has 0 spiro atoms. The molecule has 0 saturated carbocycles. The second-order valence-electron chi connectivity index (χ2n) is 5.75. The van der Waals surface area contributed by atoms with Gasteiger partial charge in [0, 0.05) is 30.0 Å². The van der Waals surface area contributed by atoms with Crippen molar-refractivity contribution in [3.05, 3.63) is 66.2 Å². The molecule has 2 aromatic carbocycles. The van der Waals surface area contributed by atoms with Crippen LogP contribution < -0.4 is 10.0 Å². The van der Waals surface area contributed by atoms with E-state index in [0.29, 0.717) is 5.69 Å². The molecule has 1 aromatic heterocycles. The molecule has 28 heavy (non-hydrogen) atoms. The second kappa shape index (κ2) is 8.13. The first-order chi connectivity index (χ1) is 13.3. The summed E-state index contributed by atoms with van der Waals surface area (Å²) in [5.41, 5.74) is 0.0956. The van der Waals surface area contributed by atoms with Crippen molar-refractivity contribution in [1.82, 2.24) is 14.3 Å². The number of anilines is 1. The number of carbonyl (C=O) groups excluding carboxylic acids is 1. The quantitative estimate of drug-likeness (QED) is 0.640. The zero-order valence-electron chi connectivity index (χ0n) is 15.0. The van der Waals surface area contributed by atoms with Gasteiger partial charge in [0.15, 0.2) is 5.16 Å². The number of halogens is 1. The van der Waals surface area contributed by atoms with Gasteiger partial charge in [-0.2, -0.15) is 0 Å². The lowest BCUT2D eigenvalue weighted by Gasteiger charge is -2.09. The van der Waals surface area contributed by atoms with E-state index in [2.05, 4.69) is 15.0 Å². The molecule has 10 heteroatoms. The normalized spacial score (nSPS) is 11.4. The van der Waals surface area contributed by atoms with Crippen molar-refractivity contribution in [2.24, 2.45) is 7.05 Å². The maximum atomic E-state index is 14.0. The monoisotopic (exact) mass is 420 g/mol. The van der Waals surface area contributed by atoms with Gasteiger partial charge >= 0.3 is 0 Å². The van der Waals surface area contributed by atoms with Gasteiger partial charge in [-0.1, -0.05) is 11.8 Å². The van der Waals surface area contributed by atoms with E-state index in [9.17, 15) is 17.6 Å². The van der Waals surface area contributed by atoms with Crippen LogP contribution in [0.4, 0.5) is 10.1 Å². The number of hydrogen-bond donors (Lipinski definition) is 2. The Kier molecular flexibility index (Phi) is 5.82. The lowest BCUT2D eigenvalue weighted by Crippen LogP contribution is -2.20. The molecule has 3 aromatic rings. The first kappa shape index (κ1) is 20.1. The maximum Gasteiger partial charge on any atom is 0.258 e. The molecule has 0 aliphatic carbocycles. The summed E-state index contributed by atoms with van der Waals surface area (Å²) in [7, 11) is -0.656. The third kappa shape index (κ3) is 4.41. The zero-order chi connectivity index (χ0) is 20.3. The molecule has 1 amide bonds. The summed E-state index contributed by atoms with van der Waals surface area (Å²) in [6.45, 7) is 0. The predicted molar refractivity (Wildman–Crippen MR) is 104 cm³/mol. The number of sulfonamides is 1. The number of aromatic nitrogens is 2. The van der Waals surface area contributed by atoms with Crippen LogP contribution in [0.3, 0.4) is 0 Å². The largest absolute Gasteiger partial charge is 0.329 e. The van der Waals surface area contributed by atoms with Gasteiger partial charge in [0.25, 0.3) is 5.91 Å². The third-order valence-electron chi connectivity index (χ3n) is 3.86. The second-order valence-corrected chi connectivity index (χ2v) is 8.68. The third-order valence-corrected chi connectivity index (χ3v) is 6.36. The minimum absolute atomic E-state index is 0.191. The van der Waals surface area contributed by atoms with Crippen LogP contribution in [0.15, 0.2) is 69.8 Å². The summed E-state index contributed by atoms with van der Waals surface area (Å²) in [4.78, 5) is 17.4. The Morgan fingerprint density at radius 2 is 1.89 bits per heavy atom. The zero-order valence-corrected chi connectivity index (χ0v) is 16.6. The van der Waals surface area contributed by atoms with Crippen LogP contribution in [-0.4, -0.2) is 30.9 Å². The number of hydrogen-bond acceptors (Lipinski definition) is 5. The number of imidazole rings is 1. The molecular weight excluding hydrogens is 403 g/mol. The van der Waals surface area contributed by atoms with Gasteiger partial charge in [-0.25, -0.2) is 22.5 Å². The molecule has 0 unspecified atom stereocenters. The summed E-state index contributed by atoms with van der Waals surface area (Å²) in [6, 6.07) is 10.0. The lowest BCUT2D eigenvalue weighted by atomic mass is 10.2. The molecule has 0 fully saturated rings. The number of amides is 1. The van der Waals surface area contributed by atoms with Crippen molar-refractivity contribution < 1.29 is 17.6 Å². The number of benzene rings is 2.